The summed E-state index contributed by atoms with van der Waals surface area (Å²) in [7, 11) is 0. The van der Waals surface area contributed by atoms with Crippen molar-refractivity contribution in [3.63, 3.8) is 0 Å². The maximum absolute atomic E-state index is 12.7. The fraction of sp³-hybridized carbons (Fsp3) is 0.500. The highest BCUT2D eigenvalue weighted by molar-refractivity contribution is 5.78. The van der Waals surface area contributed by atoms with Crippen molar-refractivity contribution in [2.45, 2.75) is 26.0 Å². The van der Waals surface area contributed by atoms with Gasteiger partial charge in [0, 0.05) is 12.6 Å². The average molecular weight is 284 g/mol. The van der Waals surface area contributed by atoms with Crippen LogP contribution in [0, 0.1) is 5.82 Å². The zero-order chi connectivity index (χ0) is 15.0. The van der Waals surface area contributed by atoms with E-state index in [0.717, 1.165) is 0 Å². The quantitative estimate of drug-likeness (QED) is 0.656. The molecule has 0 aromatic heterocycles. The molecule has 112 valence electrons. The van der Waals surface area contributed by atoms with Crippen LogP contribution in [-0.2, 0) is 4.79 Å². The number of aliphatic hydroxyl groups is 1. The molecule has 0 heterocycles. The van der Waals surface area contributed by atoms with Gasteiger partial charge in [0.15, 0.2) is 0 Å². The van der Waals surface area contributed by atoms with Crippen LogP contribution in [-0.4, -0.2) is 42.9 Å². The standard InChI is InChI=1S/C14H21FN2O3/c1-10(2)17-14(19)8-16-7-12(18)9-20-13-5-3-11(15)4-6-13/h3-6,10,12,16,18H,7-9H2,1-2H3,(H,17,19). The molecular formula is C14H21FN2O3. The van der Waals surface area contributed by atoms with Crippen LogP contribution in [0.3, 0.4) is 0 Å². The van der Waals surface area contributed by atoms with Crippen LogP contribution in [0.4, 0.5) is 4.39 Å². The lowest BCUT2D eigenvalue weighted by Crippen LogP contribution is -2.41. The van der Waals surface area contributed by atoms with E-state index in [2.05, 4.69) is 10.6 Å². The van der Waals surface area contributed by atoms with Crippen LogP contribution >= 0.6 is 0 Å². The molecule has 3 N–H and O–H groups in total. The number of hydrogen-bond donors (Lipinski definition) is 3. The van der Waals surface area contributed by atoms with Crippen LogP contribution < -0.4 is 15.4 Å². The Balaban J connectivity index is 2.15. The Labute approximate surface area is 118 Å². The molecule has 5 nitrogen and oxygen atoms in total. The molecule has 0 bridgehead atoms. The third kappa shape index (κ3) is 7.06. The number of ether oxygens (including phenoxy) is 1. The lowest BCUT2D eigenvalue weighted by Gasteiger charge is -2.14. The number of nitrogens with one attached hydrogen (secondary N) is 2. The minimum atomic E-state index is -0.744. The molecule has 1 unspecified atom stereocenters. The summed E-state index contributed by atoms with van der Waals surface area (Å²) in [5, 5.41) is 15.2. The third-order valence-electron chi connectivity index (χ3n) is 2.37. The summed E-state index contributed by atoms with van der Waals surface area (Å²) in [6.45, 7) is 4.22. The molecule has 1 rings (SSSR count). The predicted octanol–water partition coefficient (Wildman–Crippen LogP) is 0.680. The minimum absolute atomic E-state index is 0.0738. The largest absolute Gasteiger partial charge is 0.491 e. The number of rotatable bonds is 8. The molecule has 1 atom stereocenters. The maximum Gasteiger partial charge on any atom is 0.234 e. The highest BCUT2D eigenvalue weighted by Gasteiger charge is 2.07. The Hall–Kier alpha value is -1.66. The number of amides is 1. The first-order valence-electron chi connectivity index (χ1n) is 6.54. The van der Waals surface area contributed by atoms with Crippen molar-refractivity contribution in [3.8, 4) is 5.75 Å². The predicted molar refractivity (Wildman–Crippen MR) is 74.1 cm³/mol. The lowest BCUT2D eigenvalue weighted by molar-refractivity contribution is -0.120. The van der Waals surface area contributed by atoms with Crippen LogP contribution in [0.1, 0.15) is 13.8 Å². The minimum Gasteiger partial charge on any atom is -0.491 e. The summed E-state index contributed by atoms with van der Waals surface area (Å²) >= 11 is 0. The van der Waals surface area contributed by atoms with E-state index >= 15 is 0 Å². The van der Waals surface area contributed by atoms with E-state index in [-0.39, 0.29) is 37.5 Å². The van der Waals surface area contributed by atoms with Crippen molar-refractivity contribution in [1.29, 1.82) is 0 Å². The molecule has 0 fully saturated rings. The van der Waals surface area contributed by atoms with E-state index in [4.69, 9.17) is 4.74 Å². The third-order valence-corrected chi connectivity index (χ3v) is 2.37. The zero-order valence-electron chi connectivity index (χ0n) is 11.7. The molecule has 6 heteroatoms. The molecule has 0 aliphatic carbocycles. The van der Waals surface area contributed by atoms with E-state index in [1.54, 1.807) is 0 Å². The van der Waals surface area contributed by atoms with Gasteiger partial charge in [0.2, 0.25) is 5.91 Å². The van der Waals surface area contributed by atoms with E-state index in [9.17, 15) is 14.3 Å². The highest BCUT2D eigenvalue weighted by atomic mass is 19.1. The van der Waals surface area contributed by atoms with Gasteiger partial charge in [-0.3, -0.25) is 4.79 Å². The molecule has 0 aliphatic heterocycles. The number of carbonyl (C=O) groups is 1. The Morgan fingerprint density at radius 2 is 2.00 bits per heavy atom. The molecule has 1 aromatic carbocycles. The molecule has 0 aliphatic rings. The number of halogens is 1. The molecular weight excluding hydrogens is 263 g/mol. The smallest absolute Gasteiger partial charge is 0.234 e. The highest BCUT2D eigenvalue weighted by Crippen LogP contribution is 2.10. The second-order valence-corrected chi connectivity index (χ2v) is 4.77. The number of aliphatic hydroxyl groups excluding tert-OH is 1. The van der Waals surface area contributed by atoms with Gasteiger partial charge < -0.3 is 20.5 Å². The van der Waals surface area contributed by atoms with Crippen molar-refractivity contribution in [2.75, 3.05) is 19.7 Å². The zero-order valence-corrected chi connectivity index (χ0v) is 11.7. The normalized spacial score (nSPS) is 12.2. The second kappa shape index (κ2) is 8.50. The van der Waals surface area contributed by atoms with Crippen molar-refractivity contribution in [2.24, 2.45) is 0 Å². The van der Waals surface area contributed by atoms with Gasteiger partial charge in [-0.1, -0.05) is 0 Å². The van der Waals surface area contributed by atoms with E-state index in [1.807, 2.05) is 13.8 Å². The summed E-state index contributed by atoms with van der Waals surface area (Å²) < 4.78 is 18.0. The van der Waals surface area contributed by atoms with E-state index < -0.39 is 6.10 Å². The maximum atomic E-state index is 12.7. The van der Waals surface area contributed by atoms with Crippen LogP contribution in [0.2, 0.25) is 0 Å². The molecule has 0 radical (unpaired) electrons. The fourth-order valence-corrected chi connectivity index (χ4v) is 1.51. The summed E-state index contributed by atoms with van der Waals surface area (Å²) in [6.07, 6.45) is -0.744. The molecule has 1 aromatic rings. The second-order valence-electron chi connectivity index (χ2n) is 4.77. The first-order valence-corrected chi connectivity index (χ1v) is 6.54. The fourth-order valence-electron chi connectivity index (χ4n) is 1.51. The number of carbonyl (C=O) groups excluding carboxylic acids is 1. The summed E-state index contributed by atoms with van der Waals surface area (Å²) in [5.41, 5.74) is 0. The SMILES string of the molecule is CC(C)NC(=O)CNCC(O)COc1ccc(F)cc1. The van der Waals surface area contributed by atoms with Crippen LogP contribution in [0.5, 0.6) is 5.75 Å². The monoisotopic (exact) mass is 284 g/mol. The molecule has 0 spiro atoms. The summed E-state index contributed by atoms with van der Waals surface area (Å²) in [6, 6.07) is 5.65. The van der Waals surface area contributed by atoms with Crippen molar-refractivity contribution < 1.29 is 19.0 Å². The number of hydrogen-bond acceptors (Lipinski definition) is 4. The van der Waals surface area contributed by atoms with Gasteiger partial charge in [-0.2, -0.15) is 0 Å². The molecule has 0 saturated heterocycles. The first kappa shape index (κ1) is 16.4. The van der Waals surface area contributed by atoms with Gasteiger partial charge in [0.1, 0.15) is 24.3 Å². The molecule has 0 saturated carbocycles. The Morgan fingerprint density at radius 3 is 2.60 bits per heavy atom. The van der Waals surface area contributed by atoms with Crippen molar-refractivity contribution >= 4 is 5.91 Å². The van der Waals surface area contributed by atoms with Gasteiger partial charge in [-0.15, -0.1) is 0 Å². The first-order chi connectivity index (χ1) is 9.47. The van der Waals surface area contributed by atoms with E-state index in [0.29, 0.717) is 5.75 Å². The van der Waals surface area contributed by atoms with Crippen molar-refractivity contribution in [1.82, 2.24) is 10.6 Å². The van der Waals surface area contributed by atoms with Gasteiger partial charge in [0.25, 0.3) is 0 Å². The van der Waals surface area contributed by atoms with Gasteiger partial charge in [-0.05, 0) is 38.1 Å². The Morgan fingerprint density at radius 1 is 1.35 bits per heavy atom. The Kier molecular flexibility index (Phi) is 6.97. The van der Waals surface area contributed by atoms with Crippen molar-refractivity contribution in [3.05, 3.63) is 30.1 Å². The van der Waals surface area contributed by atoms with Crippen LogP contribution in [0.15, 0.2) is 24.3 Å². The average Bonchev–Trinajstić information content (AvgIpc) is 2.37. The number of benzene rings is 1. The Bertz CT molecular complexity index is 409. The lowest BCUT2D eigenvalue weighted by atomic mass is 10.3. The van der Waals surface area contributed by atoms with E-state index in [1.165, 1.54) is 24.3 Å². The summed E-state index contributed by atoms with van der Waals surface area (Å²) in [5.74, 6) is 0.0328. The summed E-state index contributed by atoms with van der Waals surface area (Å²) in [4.78, 5) is 11.3. The van der Waals surface area contributed by atoms with Crippen LogP contribution in [0.25, 0.3) is 0 Å². The topological polar surface area (TPSA) is 70.6 Å². The molecule has 1 amide bonds. The molecule has 20 heavy (non-hydrogen) atoms. The van der Waals surface area contributed by atoms with Gasteiger partial charge in [-0.25, -0.2) is 4.39 Å². The van der Waals surface area contributed by atoms with Gasteiger partial charge in [0.05, 0.1) is 6.54 Å². The van der Waals surface area contributed by atoms with Gasteiger partial charge >= 0.3 is 0 Å².